The van der Waals surface area contributed by atoms with Crippen molar-refractivity contribution in [1.29, 1.82) is 0 Å². The first-order chi connectivity index (χ1) is 14.8. The standard InChI is InChI=1S/C18H35NO6S.2C2H6/c1-3-8-21-9-10-22-11-12-23-13-14-24-15-16-25-18(20)19-6-4-17(26-2)5-7-19;2*1-2/h17H,3-16H2,1-2H3;2*1-2H3. The summed E-state index contributed by atoms with van der Waals surface area (Å²) in [5.74, 6) is 0. The van der Waals surface area contributed by atoms with Gasteiger partial charge in [0.25, 0.3) is 0 Å². The van der Waals surface area contributed by atoms with E-state index in [-0.39, 0.29) is 12.7 Å². The molecule has 0 radical (unpaired) electrons. The number of hydrogen-bond donors (Lipinski definition) is 0. The molecule has 1 aliphatic heterocycles. The highest BCUT2D eigenvalue weighted by Crippen LogP contribution is 2.21. The molecule has 0 unspecified atom stereocenters. The lowest BCUT2D eigenvalue weighted by Crippen LogP contribution is -2.39. The van der Waals surface area contributed by atoms with Gasteiger partial charge in [-0.1, -0.05) is 34.6 Å². The fourth-order valence-electron chi connectivity index (χ4n) is 2.46. The fraction of sp³-hybridized carbons (Fsp3) is 0.955. The van der Waals surface area contributed by atoms with Gasteiger partial charge in [-0.25, -0.2) is 4.79 Å². The molecule has 8 heteroatoms. The summed E-state index contributed by atoms with van der Waals surface area (Å²) in [7, 11) is 0. The summed E-state index contributed by atoms with van der Waals surface area (Å²) in [6.07, 6.45) is 5.00. The number of ether oxygens (including phenoxy) is 5. The van der Waals surface area contributed by atoms with Crippen LogP contribution in [0.1, 0.15) is 53.9 Å². The number of thioether (sulfide) groups is 1. The fourth-order valence-corrected chi connectivity index (χ4v) is 3.14. The van der Waals surface area contributed by atoms with E-state index >= 15 is 0 Å². The highest BCUT2D eigenvalue weighted by Gasteiger charge is 2.22. The van der Waals surface area contributed by atoms with Gasteiger partial charge < -0.3 is 28.6 Å². The van der Waals surface area contributed by atoms with E-state index in [1.54, 1.807) is 4.90 Å². The Kier molecular flexibility index (Phi) is 27.9. The van der Waals surface area contributed by atoms with E-state index in [1.807, 2.05) is 39.5 Å². The van der Waals surface area contributed by atoms with Crippen LogP contribution in [-0.2, 0) is 23.7 Å². The summed E-state index contributed by atoms with van der Waals surface area (Å²) in [6, 6.07) is 0. The maximum Gasteiger partial charge on any atom is 0.409 e. The lowest BCUT2D eigenvalue weighted by atomic mass is 10.1. The van der Waals surface area contributed by atoms with E-state index in [4.69, 9.17) is 23.7 Å². The molecule has 7 nitrogen and oxygen atoms in total. The van der Waals surface area contributed by atoms with E-state index in [2.05, 4.69) is 13.2 Å². The molecule has 0 aliphatic carbocycles. The van der Waals surface area contributed by atoms with Crippen LogP contribution in [0.15, 0.2) is 0 Å². The molecule has 0 atom stereocenters. The van der Waals surface area contributed by atoms with E-state index in [0.717, 1.165) is 39.0 Å². The first-order valence-electron chi connectivity index (χ1n) is 11.5. The van der Waals surface area contributed by atoms with Crippen molar-refractivity contribution in [3.8, 4) is 0 Å². The van der Waals surface area contributed by atoms with Crippen LogP contribution in [-0.4, -0.2) is 95.1 Å². The average Bonchev–Trinajstić information content (AvgIpc) is 2.81. The van der Waals surface area contributed by atoms with Gasteiger partial charge >= 0.3 is 6.09 Å². The average molecular weight is 454 g/mol. The summed E-state index contributed by atoms with van der Waals surface area (Å²) in [5.41, 5.74) is 0. The Hall–Kier alpha value is -0.540. The number of carbonyl (C=O) groups is 1. The molecule has 1 aliphatic rings. The van der Waals surface area contributed by atoms with Crippen molar-refractivity contribution in [2.75, 3.05) is 78.8 Å². The molecule has 182 valence electrons. The lowest BCUT2D eigenvalue weighted by molar-refractivity contribution is -0.00799. The van der Waals surface area contributed by atoms with Crippen molar-refractivity contribution in [2.45, 2.75) is 59.1 Å². The molecular formula is C22H47NO6S. The van der Waals surface area contributed by atoms with Gasteiger partial charge in [0.15, 0.2) is 0 Å². The van der Waals surface area contributed by atoms with Gasteiger partial charge in [-0.15, -0.1) is 0 Å². The molecule has 30 heavy (non-hydrogen) atoms. The Morgan fingerprint density at radius 1 is 0.767 bits per heavy atom. The van der Waals surface area contributed by atoms with Crippen LogP contribution in [0, 0.1) is 0 Å². The molecule has 1 heterocycles. The summed E-state index contributed by atoms with van der Waals surface area (Å²) in [6.45, 7) is 16.4. The number of amides is 1. The highest BCUT2D eigenvalue weighted by atomic mass is 32.2. The molecule has 1 fully saturated rings. The van der Waals surface area contributed by atoms with Crippen LogP contribution in [0.5, 0.6) is 0 Å². The van der Waals surface area contributed by atoms with Crippen LogP contribution in [0.2, 0.25) is 0 Å². The molecule has 0 aromatic carbocycles. The zero-order valence-electron chi connectivity index (χ0n) is 20.3. The molecule has 0 spiro atoms. The molecule has 0 N–H and O–H groups in total. The zero-order valence-corrected chi connectivity index (χ0v) is 21.1. The molecule has 0 saturated carbocycles. The van der Waals surface area contributed by atoms with Crippen LogP contribution in [0.25, 0.3) is 0 Å². The van der Waals surface area contributed by atoms with Gasteiger partial charge in [-0.2, -0.15) is 11.8 Å². The number of rotatable bonds is 15. The second kappa shape index (κ2) is 26.5. The maximum absolute atomic E-state index is 11.9. The number of hydrogen-bond acceptors (Lipinski definition) is 7. The van der Waals surface area contributed by atoms with E-state index in [0.29, 0.717) is 51.5 Å². The molecular weight excluding hydrogens is 406 g/mol. The minimum atomic E-state index is -0.232. The summed E-state index contributed by atoms with van der Waals surface area (Å²) in [5, 5.41) is 0.669. The second-order valence-electron chi connectivity index (χ2n) is 5.99. The third kappa shape index (κ3) is 19.4. The quantitative estimate of drug-likeness (QED) is 0.339. The van der Waals surface area contributed by atoms with Crippen molar-refractivity contribution in [1.82, 2.24) is 4.90 Å². The summed E-state index contributed by atoms with van der Waals surface area (Å²) >= 11 is 1.87. The molecule has 0 aromatic rings. The number of carbonyl (C=O) groups excluding carboxylic acids is 1. The first kappa shape index (κ1) is 31.6. The van der Waals surface area contributed by atoms with Crippen LogP contribution < -0.4 is 0 Å². The largest absolute Gasteiger partial charge is 0.447 e. The van der Waals surface area contributed by atoms with Crippen LogP contribution in [0.3, 0.4) is 0 Å². The van der Waals surface area contributed by atoms with Crippen molar-refractivity contribution in [3.05, 3.63) is 0 Å². The van der Waals surface area contributed by atoms with Crippen molar-refractivity contribution in [3.63, 3.8) is 0 Å². The minimum absolute atomic E-state index is 0.232. The predicted molar refractivity (Wildman–Crippen MR) is 126 cm³/mol. The Bertz CT molecular complexity index is 342. The Balaban J connectivity index is 0. The van der Waals surface area contributed by atoms with Gasteiger partial charge in [-0.05, 0) is 25.5 Å². The van der Waals surface area contributed by atoms with Gasteiger partial charge in [0.1, 0.15) is 6.61 Å². The number of likely N-dealkylation sites (tertiary alicyclic amines) is 1. The second-order valence-corrected chi connectivity index (χ2v) is 7.12. The predicted octanol–water partition coefficient (Wildman–Crippen LogP) is 4.48. The number of nitrogens with zero attached hydrogens (tertiary/aromatic N) is 1. The van der Waals surface area contributed by atoms with E-state index in [9.17, 15) is 4.79 Å². The van der Waals surface area contributed by atoms with Gasteiger partial charge in [0.2, 0.25) is 0 Å². The first-order valence-corrected chi connectivity index (χ1v) is 12.8. The molecule has 1 amide bonds. The van der Waals surface area contributed by atoms with Crippen LogP contribution in [0.4, 0.5) is 4.79 Å². The summed E-state index contributed by atoms with van der Waals surface area (Å²) < 4.78 is 26.7. The van der Waals surface area contributed by atoms with Crippen molar-refractivity contribution in [2.24, 2.45) is 0 Å². The van der Waals surface area contributed by atoms with Gasteiger partial charge in [0.05, 0.1) is 46.2 Å². The van der Waals surface area contributed by atoms with Crippen molar-refractivity contribution < 1.29 is 28.5 Å². The Morgan fingerprint density at radius 2 is 1.17 bits per heavy atom. The van der Waals surface area contributed by atoms with E-state index in [1.165, 1.54) is 0 Å². The monoisotopic (exact) mass is 453 g/mol. The van der Waals surface area contributed by atoms with Crippen molar-refractivity contribution >= 4 is 17.9 Å². The smallest absolute Gasteiger partial charge is 0.409 e. The SMILES string of the molecule is CC.CC.CCCOCCOCCOCCOCCOC(=O)N1CCC(SC)CC1. The highest BCUT2D eigenvalue weighted by molar-refractivity contribution is 7.99. The molecule has 1 rings (SSSR count). The molecule has 0 aromatic heterocycles. The molecule has 1 saturated heterocycles. The normalized spacial score (nSPS) is 13.7. The molecule has 0 bridgehead atoms. The number of piperidine rings is 1. The minimum Gasteiger partial charge on any atom is -0.447 e. The third-order valence-electron chi connectivity index (χ3n) is 3.95. The van der Waals surface area contributed by atoms with E-state index < -0.39 is 0 Å². The Morgan fingerprint density at radius 3 is 1.57 bits per heavy atom. The maximum atomic E-state index is 11.9. The zero-order chi connectivity index (χ0) is 22.9. The van der Waals surface area contributed by atoms with Gasteiger partial charge in [0, 0.05) is 24.9 Å². The summed E-state index contributed by atoms with van der Waals surface area (Å²) in [4.78, 5) is 13.7. The topological polar surface area (TPSA) is 66.5 Å². The van der Waals surface area contributed by atoms with Crippen LogP contribution >= 0.6 is 11.8 Å². The third-order valence-corrected chi connectivity index (χ3v) is 5.09. The lowest BCUT2D eigenvalue weighted by Gasteiger charge is -2.30. The Labute approximate surface area is 189 Å². The van der Waals surface area contributed by atoms with Gasteiger partial charge in [-0.3, -0.25) is 0 Å².